The molecule has 0 saturated heterocycles. The number of nitrogen functional groups attached to an aromatic ring is 1. The number of rotatable bonds is 5. The molecule has 0 unspecified atom stereocenters. The van der Waals surface area contributed by atoms with Crippen LogP contribution in [-0.4, -0.2) is 18.4 Å². The van der Waals surface area contributed by atoms with Crippen molar-refractivity contribution in [2.24, 2.45) is 0 Å². The Kier molecular flexibility index (Phi) is 4.39. The first kappa shape index (κ1) is 13.8. The van der Waals surface area contributed by atoms with E-state index < -0.39 is 5.82 Å². The zero-order chi connectivity index (χ0) is 13.8. The zero-order valence-corrected chi connectivity index (χ0v) is 11.2. The molecule has 0 amide bonds. The van der Waals surface area contributed by atoms with E-state index >= 15 is 0 Å². The number of ether oxygens (including phenoxy) is 1. The highest BCUT2D eigenvalue weighted by Crippen LogP contribution is 2.34. The molecule has 0 bridgehead atoms. The summed E-state index contributed by atoms with van der Waals surface area (Å²) in [5.74, 6) is -0.454. The molecule has 6 heteroatoms. The summed E-state index contributed by atoms with van der Waals surface area (Å²) in [5.41, 5.74) is 7.01. The fraction of sp³-hybridized carbons (Fsp3) is 0.308. The topological polar surface area (TPSA) is 61.3 Å². The molecule has 2 aromatic rings. The van der Waals surface area contributed by atoms with Gasteiger partial charge in [0.2, 0.25) is 5.88 Å². The predicted octanol–water partition coefficient (Wildman–Crippen LogP) is 3.30. The first-order valence-electron chi connectivity index (χ1n) is 5.91. The lowest BCUT2D eigenvalue weighted by Crippen LogP contribution is -2.00. The molecule has 1 aromatic carbocycles. The quantitative estimate of drug-likeness (QED) is 0.856. The molecule has 0 spiro atoms. The molecule has 2 rings (SSSR count). The molecule has 1 aromatic heterocycles. The SMILES string of the molecule is CCOCCc1noc(N)c1-c1cccc(Cl)c1F. The lowest BCUT2D eigenvalue weighted by Gasteiger charge is -2.05. The predicted molar refractivity (Wildman–Crippen MR) is 71.5 cm³/mol. The second-order valence-corrected chi connectivity index (χ2v) is 4.32. The van der Waals surface area contributed by atoms with E-state index in [4.69, 9.17) is 26.6 Å². The fourth-order valence-electron chi connectivity index (χ4n) is 1.81. The number of benzene rings is 1. The summed E-state index contributed by atoms with van der Waals surface area (Å²) in [4.78, 5) is 0. The van der Waals surface area contributed by atoms with Gasteiger partial charge in [-0.2, -0.15) is 0 Å². The van der Waals surface area contributed by atoms with Crippen molar-refractivity contribution in [3.63, 3.8) is 0 Å². The van der Waals surface area contributed by atoms with Gasteiger partial charge in [-0.15, -0.1) is 0 Å². The first-order valence-corrected chi connectivity index (χ1v) is 6.29. The van der Waals surface area contributed by atoms with Gasteiger partial charge in [-0.1, -0.05) is 28.9 Å². The highest BCUT2D eigenvalue weighted by Gasteiger charge is 2.19. The van der Waals surface area contributed by atoms with Crippen LogP contribution in [-0.2, 0) is 11.2 Å². The van der Waals surface area contributed by atoms with Crippen molar-refractivity contribution in [2.45, 2.75) is 13.3 Å². The maximum Gasteiger partial charge on any atom is 0.230 e. The Morgan fingerprint density at radius 1 is 1.47 bits per heavy atom. The first-order chi connectivity index (χ1) is 9.15. The number of anilines is 1. The molecule has 0 radical (unpaired) electrons. The van der Waals surface area contributed by atoms with Crippen molar-refractivity contribution in [3.05, 3.63) is 34.7 Å². The van der Waals surface area contributed by atoms with Crippen LogP contribution in [0.2, 0.25) is 5.02 Å². The van der Waals surface area contributed by atoms with Crippen molar-refractivity contribution in [2.75, 3.05) is 18.9 Å². The number of nitrogens with two attached hydrogens (primary N) is 1. The summed E-state index contributed by atoms with van der Waals surface area (Å²) in [7, 11) is 0. The molecule has 4 nitrogen and oxygen atoms in total. The molecular formula is C13H14ClFN2O2. The highest BCUT2D eigenvalue weighted by molar-refractivity contribution is 6.31. The van der Waals surface area contributed by atoms with Crippen LogP contribution >= 0.6 is 11.6 Å². The monoisotopic (exact) mass is 284 g/mol. The van der Waals surface area contributed by atoms with Crippen LogP contribution in [0.25, 0.3) is 11.1 Å². The van der Waals surface area contributed by atoms with Gasteiger partial charge in [-0.05, 0) is 13.0 Å². The van der Waals surface area contributed by atoms with Gasteiger partial charge in [0, 0.05) is 18.6 Å². The molecule has 0 saturated carbocycles. The molecule has 2 N–H and O–H groups in total. The lowest BCUT2D eigenvalue weighted by atomic mass is 10.0. The van der Waals surface area contributed by atoms with Crippen molar-refractivity contribution in [3.8, 4) is 11.1 Å². The number of halogens is 2. The van der Waals surface area contributed by atoms with E-state index in [1.54, 1.807) is 12.1 Å². The Morgan fingerprint density at radius 2 is 2.26 bits per heavy atom. The molecule has 0 aliphatic rings. The van der Waals surface area contributed by atoms with Gasteiger partial charge < -0.3 is 15.0 Å². The Morgan fingerprint density at radius 3 is 3.00 bits per heavy atom. The minimum atomic E-state index is -0.531. The van der Waals surface area contributed by atoms with E-state index in [1.165, 1.54) is 6.07 Å². The number of hydrogen-bond donors (Lipinski definition) is 1. The summed E-state index contributed by atoms with van der Waals surface area (Å²) in [6, 6.07) is 4.72. The standard InChI is InChI=1S/C13H14ClFN2O2/c1-2-18-7-6-10-11(13(16)19-17-10)8-4-3-5-9(14)12(8)15/h3-5H,2,6-7,16H2,1H3. The maximum absolute atomic E-state index is 14.0. The number of aromatic nitrogens is 1. The van der Waals surface area contributed by atoms with Crippen LogP contribution in [0, 0.1) is 5.82 Å². The molecule has 0 atom stereocenters. The summed E-state index contributed by atoms with van der Waals surface area (Å²) in [5, 5.41) is 3.88. The molecule has 0 aliphatic carbocycles. The Balaban J connectivity index is 2.38. The van der Waals surface area contributed by atoms with Crippen molar-refractivity contribution < 1.29 is 13.7 Å². The van der Waals surface area contributed by atoms with Gasteiger partial charge in [0.1, 0.15) is 5.82 Å². The van der Waals surface area contributed by atoms with Gasteiger partial charge >= 0.3 is 0 Å². The fourth-order valence-corrected chi connectivity index (χ4v) is 1.98. The van der Waals surface area contributed by atoms with Gasteiger partial charge in [0.05, 0.1) is 22.9 Å². The average molecular weight is 285 g/mol. The highest BCUT2D eigenvalue weighted by atomic mass is 35.5. The minimum Gasteiger partial charge on any atom is -0.381 e. The van der Waals surface area contributed by atoms with Crippen LogP contribution < -0.4 is 5.73 Å². The molecule has 1 heterocycles. The Labute approximate surface area is 115 Å². The molecule has 102 valence electrons. The van der Waals surface area contributed by atoms with E-state index in [-0.39, 0.29) is 16.5 Å². The number of nitrogens with zero attached hydrogens (tertiary/aromatic N) is 1. The lowest BCUT2D eigenvalue weighted by molar-refractivity contribution is 0.149. The minimum absolute atomic E-state index is 0.0360. The van der Waals surface area contributed by atoms with Crippen molar-refractivity contribution in [1.82, 2.24) is 5.16 Å². The van der Waals surface area contributed by atoms with Crippen LogP contribution in [0.3, 0.4) is 0 Å². The van der Waals surface area contributed by atoms with Crippen LogP contribution in [0.5, 0.6) is 0 Å². The third kappa shape index (κ3) is 2.88. The molecule has 19 heavy (non-hydrogen) atoms. The number of hydrogen-bond acceptors (Lipinski definition) is 4. The summed E-state index contributed by atoms with van der Waals surface area (Å²) >= 11 is 5.77. The Bertz CT molecular complexity index is 572. The second-order valence-electron chi connectivity index (χ2n) is 3.92. The smallest absolute Gasteiger partial charge is 0.230 e. The second kappa shape index (κ2) is 6.04. The molecule has 0 aliphatic heterocycles. The van der Waals surface area contributed by atoms with E-state index in [9.17, 15) is 4.39 Å². The van der Waals surface area contributed by atoms with Crippen molar-refractivity contribution in [1.29, 1.82) is 0 Å². The van der Waals surface area contributed by atoms with E-state index in [2.05, 4.69) is 5.16 Å². The van der Waals surface area contributed by atoms with Crippen LogP contribution in [0.4, 0.5) is 10.3 Å². The van der Waals surface area contributed by atoms with E-state index in [1.807, 2.05) is 6.92 Å². The summed E-state index contributed by atoms with van der Waals surface area (Å²) < 4.78 is 24.2. The van der Waals surface area contributed by atoms with Gasteiger partial charge in [-0.25, -0.2) is 4.39 Å². The van der Waals surface area contributed by atoms with Crippen molar-refractivity contribution >= 4 is 17.5 Å². The van der Waals surface area contributed by atoms with Gasteiger partial charge in [-0.3, -0.25) is 0 Å². The van der Waals surface area contributed by atoms with Gasteiger partial charge in [0.25, 0.3) is 0 Å². The molecule has 0 fully saturated rings. The third-order valence-electron chi connectivity index (χ3n) is 2.70. The van der Waals surface area contributed by atoms with Crippen LogP contribution in [0.15, 0.2) is 22.7 Å². The average Bonchev–Trinajstić information content (AvgIpc) is 2.75. The zero-order valence-electron chi connectivity index (χ0n) is 10.5. The normalized spacial score (nSPS) is 10.9. The van der Waals surface area contributed by atoms with Gasteiger partial charge in [0.15, 0.2) is 0 Å². The summed E-state index contributed by atoms with van der Waals surface area (Å²) in [6.45, 7) is 2.97. The maximum atomic E-state index is 14.0. The third-order valence-corrected chi connectivity index (χ3v) is 2.99. The largest absolute Gasteiger partial charge is 0.381 e. The Hall–Kier alpha value is -1.59. The summed E-state index contributed by atoms with van der Waals surface area (Å²) in [6.07, 6.45) is 0.496. The molecular weight excluding hydrogens is 271 g/mol. The van der Waals surface area contributed by atoms with E-state index in [0.717, 1.165) is 0 Å². The van der Waals surface area contributed by atoms with E-state index in [0.29, 0.717) is 30.9 Å². The van der Waals surface area contributed by atoms with Crippen LogP contribution in [0.1, 0.15) is 12.6 Å².